The van der Waals surface area contributed by atoms with Crippen molar-refractivity contribution in [3.63, 3.8) is 0 Å². The molecule has 0 radical (unpaired) electrons. The minimum atomic E-state index is 2.00. The molecule has 0 aromatic rings. The molecular formula is C9H15N. The summed E-state index contributed by atoms with van der Waals surface area (Å²) in [7, 11) is 2.00. The second-order valence-corrected chi connectivity index (χ2v) is 2.02. The summed E-state index contributed by atoms with van der Waals surface area (Å²) >= 11 is 0. The van der Waals surface area contributed by atoms with Gasteiger partial charge in [-0.3, -0.25) is 0 Å². The lowest BCUT2D eigenvalue weighted by atomic mass is 10.5. The van der Waals surface area contributed by atoms with Crippen molar-refractivity contribution in [3.8, 4) is 0 Å². The SMILES string of the molecule is C/C=C\C=C/N(C)/C=C/C. The van der Waals surface area contributed by atoms with Crippen molar-refractivity contribution in [3.05, 3.63) is 36.7 Å². The van der Waals surface area contributed by atoms with E-state index in [1.807, 2.05) is 62.5 Å². The van der Waals surface area contributed by atoms with Crippen molar-refractivity contribution in [1.29, 1.82) is 0 Å². The molecule has 0 rings (SSSR count). The molecule has 0 unspecified atom stereocenters. The first kappa shape index (κ1) is 9.02. The van der Waals surface area contributed by atoms with E-state index in [-0.39, 0.29) is 0 Å². The normalized spacial score (nSPS) is 12.3. The monoisotopic (exact) mass is 137 g/mol. The van der Waals surface area contributed by atoms with Gasteiger partial charge in [-0.2, -0.15) is 0 Å². The fourth-order valence-electron chi connectivity index (χ4n) is 0.581. The molecule has 0 aliphatic heterocycles. The van der Waals surface area contributed by atoms with E-state index in [2.05, 4.69) is 0 Å². The van der Waals surface area contributed by atoms with Gasteiger partial charge in [-0.15, -0.1) is 0 Å². The van der Waals surface area contributed by atoms with E-state index in [9.17, 15) is 0 Å². The van der Waals surface area contributed by atoms with Crippen LogP contribution in [0.5, 0.6) is 0 Å². The van der Waals surface area contributed by atoms with E-state index in [0.717, 1.165) is 0 Å². The van der Waals surface area contributed by atoms with Gasteiger partial charge in [0.15, 0.2) is 0 Å². The number of nitrogens with zero attached hydrogens (tertiary/aromatic N) is 1. The minimum Gasteiger partial charge on any atom is -0.358 e. The third-order valence-corrected chi connectivity index (χ3v) is 1.01. The molecule has 1 heteroatoms. The predicted molar refractivity (Wildman–Crippen MR) is 46.5 cm³/mol. The van der Waals surface area contributed by atoms with Crippen LogP contribution < -0.4 is 0 Å². The third kappa shape index (κ3) is 5.16. The van der Waals surface area contributed by atoms with E-state index in [1.165, 1.54) is 0 Å². The molecule has 0 heterocycles. The van der Waals surface area contributed by atoms with Crippen LogP contribution in [0.2, 0.25) is 0 Å². The van der Waals surface area contributed by atoms with Crippen LogP contribution >= 0.6 is 0 Å². The molecule has 0 bridgehead atoms. The Morgan fingerprint density at radius 3 is 2.10 bits per heavy atom. The molecule has 0 saturated carbocycles. The summed E-state index contributed by atoms with van der Waals surface area (Å²) in [5, 5.41) is 0. The van der Waals surface area contributed by atoms with Gasteiger partial charge in [0, 0.05) is 13.2 Å². The van der Waals surface area contributed by atoms with Crippen molar-refractivity contribution >= 4 is 0 Å². The average Bonchev–Trinajstić information content (AvgIpc) is 1.89. The lowest BCUT2D eigenvalue weighted by Gasteiger charge is -2.03. The van der Waals surface area contributed by atoms with Crippen LogP contribution in [-0.4, -0.2) is 11.9 Å². The molecule has 10 heavy (non-hydrogen) atoms. The Hall–Kier alpha value is -0.980. The molecule has 0 saturated heterocycles. The summed E-state index contributed by atoms with van der Waals surface area (Å²) in [5.74, 6) is 0. The standard InChI is InChI=1S/C9H15N/c1-4-6-7-9-10(3)8-5-2/h4-9H,1-3H3/b6-4-,8-5+,9-7-. The van der Waals surface area contributed by atoms with Crippen LogP contribution in [0.1, 0.15) is 13.8 Å². The molecule has 0 N–H and O–H groups in total. The highest BCUT2D eigenvalue weighted by Gasteiger charge is 1.75. The molecule has 0 amide bonds. The number of hydrogen-bond donors (Lipinski definition) is 0. The lowest BCUT2D eigenvalue weighted by molar-refractivity contribution is 0.625. The second kappa shape index (κ2) is 6.14. The quantitative estimate of drug-likeness (QED) is 0.540. The van der Waals surface area contributed by atoms with Crippen LogP contribution in [0.25, 0.3) is 0 Å². The maximum atomic E-state index is 2.00. The smallest absolute Gasteiger partial charge is 0.0106 e. The fourth-order valence-corrected chi connectivity index (χ4v) is 0.581. The van der Waals surface area contributed by atoms with Gasteiger partial charge in [0.1, 0.15) is 0 Å². The van der Waals surface area contributed by atoms with Crippen LogP contribution in [0, 0.1) is 0 Å². The minimum absolute atomic E-state index is 2.00. The first-order valence-corrected chi connectivity index (χ1v) is 3.45. The van der Waals surface area contributed by atoms with Crippen molar-refractivity contribution in [2.75, 3.05) is 7.05 Å². The Kier molecular flexibility index (Phi) is 5.54. The summed E-state index contributed by atoms with van der Waals surface area (Å²) in [4.78, 5) is 2.00. The molecule has 0 atom stereocenters. The van der Waals surface area contributed by atoms with Crippen molar-refractivity contribution in [1.82, 2.24) is 4.90 Å². The number of rotatable bonds is 3. The molecule has 0 fully saturated rings. The van der Waals surface area contributed by atoms with E-state index in [0.29, 0.717) is 0 Å². The maximum absolute atomic E-state index is 2.00. The molecule has 0 aliphatic rings. The predicted octanol–water partition coefficient (Wildman–Crippen LogP) is 2.54. The van der Waals surface area contributed by atoms with E-state index in [1.54, 1.807) is 0 Å². The molecule has 0 aliphatic carbocycles. The number of hydrogen-bond acceptors (Lipinski definition) is 1. The molecular weight excluding hydrogens is 122 g/mol. The van der Waals surface area contributed by atoms with Gasteiger partial charge in [0.25, 0.3) is 0 Å². The Balaban J connectivity index is 3.65. The zero-order valence-electron chi connectivity index (χ0n) is 6.91. The van der Waals surface area contributed by atoms with Gasteiger partial charge < -0.3 is 4.90 Å². The van der Waals surface area contributed by atoms with Gasteiger partial charge in [-0.25, -0.2) is 0 Å². The molecule has 1 nitrogen and oxygen atoms in total. The third-order valence-electron chi connectivity index (χ3n) is 1.01. The van der Waals surface area contributed by atoms with Crippen LogP contribution in [0.15, 0.2) is 36.7 Å². The number of allylic oxidation sites excluding steroid dienone is 4. The zero-order chi connectivity index (χ0) is 7.82. The van der Waals surface area contributed by atoms with Crippen LogP contribution in [0.3, 0.4) is 0 Å². The van der Waals surface area contributed by atoms with Gasteiger partial charge in [0.05, 0.1) is 0 Å². The summed E-state index contributed by atoms with van der Waals surface area (Å²) in [5.41, 5.74) is 0. The molecule has 0 spiro atoms. The van der Waals surface area contributed by atoms with Crippen LogP contribution in [0.4, 0.5) is 0 Å². The summed E-state index contributed by atoms with van der Waals surface area (Å²) in [6.07, 6.45) is 12.0. The zero-order valence-corrected chi connectivity index (χ0v) is 6.91. The Morgan fingerprint density at radius 1 is 0.900 bits per heavy atom. The van der Waals surface area contributed by atoms with Gasteiger partial charge in [-0.05, 0) is 26.1 Å². The summed E-state index contributed by atoms with van der Waals surface area (Å²) in [6, 6.07) is 0. The highest BCUT2D eigenvalue weighted by atomic mass is 15.0. The fraction of sp³-hybridized carbons (Fsp3) is 0.333. The van der Waals surface area contributed by atoms with E-state index < -0.39 is 0 Å². The maximum Gasteiger partial charge on any atom is 0.0106 e. The van der Waals surface area contributed by atoms with Crippen molar-refractivity contribution in [2.45, 2.75) is 13.8 Å². The topological polar surface area (TPSA) is 3.24 Å². The van der Waals surface area contributed by atoms with Gasteiger partial charge in [0.2, 0.25) is 0 Å². The second-order valence-electron chi connectivity index (χ2n) is 2.02. The van der Waals surface area contributed by atoms with Gasteiger partial charge >= 0.3 is 0 Å². The Morgan fingerprint density at radius 2 is 1.60 bits per heavy atom. The summed E-state index contributed by atoms with van der Waals surface area (Å²) < 4.78 is 0. The molecule has 0 aromatic carbocycles. The first-order valence-electron chi connectivity index (χ1n) is 3.45. The Labute approximate surface area is 63.3 Å². The van der Waals surface area contributed by atoms with Crippen molar-refractivity contribution < 1.29 is 0 Å². The summed E-state index contributed by atoms with van der Waals surface area (Å²) in [6.45, 7) is 4.00. The first-order chi connectivity index (χ1) is 4.81. The molecule has 0 aromatic heterocycles. The van der Waals surface area contributed by atoms with Crippen molar-refractivity contribution in [2.24, 2.45) is 0 Å². The lowest BCUT2D eigenvalue weighted by Crippen LogP contribution is -1.98. The van der Waals surface area contributed by atoms with E-state index >= 15 is 0 Å². The highest BCUT2D eigenvalue weighted by Crippen LogP contribution is 1.86. The van der Waals surface area contributed by atoms with E-state index in [4.69, 9.17) is 0 Å². The average molecular weight is 137 g/mol. The Bertz CT molecular complexity index is 143. The largest absolute Gasteiger partial charge is 0.358 e. The van der Waals surface area contributed by atoms with Gasteiger partial charge in [-0.1, -0.05) is 18.2 Å². The van der Waals surface area contributed by atoms with Crippen LogP contribution in [-0.2, 0) is 0 Å². The highest BCUT2D eigenvalue weighted by molar-refractivity contribution is 5.01. The molecule has 56 valence electrons.